The number of hydrogen-bond acceptors (Lipinski definition) is 4. The number of non-ortho nitro benzene ring substituents is 1. The van der Waals surface area contributed by atoms with Crippen molar-refractivity contribution in [2.45, 2.75) is 6.92 Å². The number of piperazine rings is 1. The molecule has 0 saturated carbocycles. The number of thiocarbonyl (C=S) groups is 1. The maximum absolute atomic E-state index is 10.9. The quantitative estimate of drug-likeness (QED) is 0.486. The van der Waals surface area contributed by atoms with Crippen molar-refractivity contribution in [2.75, 3.05) is 31.1 Å². The zero-order valence-corrected chi connectivity index (χ0v) is 14.3. The Morgan fingerprint density at radius 3 is 2.46 bits per heavy atom. The number of nitro benzene ring substituents is 1. The van der Waals surface area contributed by atoms with Crippen LogP contribution in [-0.2, 0) is 0 Å². The normalized spacial score (nSPS) is 14.5. The molecule has 1 aliphatic heterocycles. The molecular formula is C18H19N3O2S. The molecule has 24 heavy (non-hydrogen) atoms. The first kappa shape index (κ1) is 16.4. The summed E-state index contributed by atoms with van der Waals surface area (Å²) in [6, 6.07) is 15.0. The van der Waals surface area contributed by atoms with Crippen LogP contribution in [0.1, 0.15) is 11.1 Å². The van der Waals surface area contributed by atoms with Crippen LogP contribution >= 0.6 is 12.2 Å². The summed E-state index contributed by atoms with van der Waals surface area (Å²) in [4.78, 5) is 15.7. The van der Waals surface area contributed by atoms with Crippen LogP contribution < -0.4 is 4.90 Å². The fourth-order valence-electron chi connectivity index (χ4n) is 2.93. The maximum atomic E-state index is 10.9. The summed E-state index contributed by atoms with van der Waals surface area (Å²) in [5.41, 5.74) is 3.30. The van der Waals surface area contributed by atoms with E-state index in [4.69, 9.17) is 12.2 Å². The minimum absolute atomic E-state index is 0.0771. The summed E-state index contributed by atoms with van der Waals surface area (Å²) in [5, 5.41) is 10.9. The van der Waals surface area contributed by atoms with Crippen LogP contribution in [0.25, 0.3) is 0 Å². The largest absolute Gasteiger partial charge is 0.368 e. The molecule has 0 unspecified atom stereocenters. The van der Waals surface area contributed by atoms with Gasteiger partial charge in [-0.15, -0.1) is 0 Å². The number of anilines is 1. The second kappa shape index (κ2) is 6.97. The summed E-state index contributed by atoms with van der Waals surface area (Å²) in [5.74, 6) is 0. The lowest BCUT2D eigenvalue weighted by molar-refractivity contribution is -0.384. The van der Waals surface area contributed by atoms with Crippen molar-refractivity contribution in [3.05, 3.63) is 69.8 Å². The van der Waals surface area contributed by atoms with Crippen LogP contribution in [0.2, 0.25) is 0 Å². The number of hydrogen-bond donors (Lipinski definition) is 0. The molecule has 0 aromatic heterocycles. The summed E-state index contributed by atoms with van der Waals surface area (Å²) < 4.78 is 0. The Kier molecular flexibility index (Phi) is 4.76. The van der Waals surface area contributed by atoms with E-state index < -0.39 is 0 Å². The van der Waals surface area contributed by atoms with Crippen molar-refractivity contribution in [2.24, 2.45) is 0 Å². The summed E-state index contributed by atoms with van der Waals surface area (Å²) in [7, 11) is 0. The van der Waals surface area contributed by atoms with E-state index in [1.807, 2.05) is 6.07 Å². The summed E-state index contributed by atoms with van der Waals surface area (Å²) >= 11 is 5.55. The Bertz CT molecular complexity index is 770. The third-order valence-electron chi connectivity index (χ3n) is 4.24. The van der Waals surface area contributed by atoms with E-state index in [0.717, 1.165) is 31.7 Å². The van der Waals surface area contributed by atoms with Gasteiger partial charge < -0.3 is 9.80 Å². The molecule has 124 valence electrons. The Morgan fingerprint density at radius 2 is 1.79 bits per heavy atom. The first-order valence-corrected chi connectivity index (χ1v) is 8.31. The average Bonchev–Trinajstić information content (AvgIpc) is 2.61. The lowest BCUT2D eigenvalue weighted by Gasteiger charge is -2.37. The van der Waals surface area contributed by atoms with Crippen LogP contribution in [-0.4, -0.2) is 41.0 Å². The van der Waals surface area contributed by atoms with Gasteiger partial charge in [-0.2, -0.15) is 0 Å². The molecule has 6 heteroatoms. The molecule has 3 rings (SSSR count). The summed E-state index contributed by atoms with van der Waals surface area (Å²) in [6.45, 7) is 5.50. The molecule has 0 N–H and O–H groups in total. The molecule has 1 aliphatic rings. The minimum Gasteiger partial charge on any atom is -0.368 e. The predicted octanol–water partition coefficient (Wildman–Crippen LogP) is 3.40. The van der Waals surface area contributed by atoms with E-state index in [-0.39, 0.29) is 10.6 Å². The van der Waals surface area contributed by atoms with E-state index in [9.17, 15) is 10.1 Å². The van der Waals surface area contributed by atoms with Gasteiger partial charge in [-0.1, -0.05) is 36.5 Å². The van der Waals surface area contributed by atoms with Gasteiger partial charge in [0.1, 0.15) is 4.99 Å². The second-order valence-corrected chi connectivity index (χ2v) is 6.31. The second-order valence-electron chi connectivity index (χ2n) is 5.93. The highest BCUT2D eigenvalue weighted by Gasteiger charge is 2.21. The van der Waals surface area contributed by atoms with Gasteiger partial charge in [0.25, 0.3) is 5.69 Å². The first-order chi connectivity index (χ1) is 11.5. The van der Waals surface area contributed by atoms with E-state index >= 15 is 0 Å². The molecule has 1 saturated heterocycles. The number of benzene rings is 2. The SMILES string of the molecule is Cc1cccc(N2CCN(C(=S)c3cccc([N+](=O)[O-])c3)CC2)c1. The Morgan fingerprint density at radius 1 is 1.08 bits per heavy atom. The first-order valence-electron chi connectivity index (χ1n) is 7.90. The van der Waals surface area contributed by atoms with Gasteiger partial charge in [-0.25, -0.2) is 0 Å². The molecule has 1 fully saturated rings. The van der Waals surface area contributed by atoms with Gasteiger partial charge >= 0.3 is 0 Å². The number of nitro groups is 1. The molecule has 0 bridgehead atoms. The van der Waals surface area contributed by atoms with Crippen molar-refractivity contribution in [1.29, 1.82) is 0 Å². The smallest absolute Gasteiger partial charge is 0.270 e. The van der Waals surface area contributed by atoms with Gasteiger partial charge in [0.2, 0.25) is 0 Å². The molecular weight excluding hydrogens is 322 g/mol. The Balaban J connectivity index is 1.67. The van der Waals surface area contributed by atoms with Crippen molar-refractivity contribution in [1.82, 2.24) is 4.90 Å². The molecule has 1 heterocycles. The van der Waals surface area contributed by atoms with Crippen molar-refractivity contribution in [3.8, 4) is 0 Å². The van der Waals surface area contributed by atoms with Crippen LogP contribution in [0, 0.1) is 17.0 Å². The van der Waals surface area contributed by atoms with Gasteiger partial charge in [0.05, 0.1) is 4.92 Å². The molecule has 0 aliphatic carbocycles. The minimum atomic E-state index is -0.387. The number of aryl methyl sites for hydroxylation is 1. The van der Waals surface area contributed by atoms with Crippen LogP contribution in [0.5, 0.6) is 0 Å². The fourth-order valence-corrected chi connectivity index (χ4v) is 3.24. The summed E-state index contributed by atoms with van der Waals surface area (Å²) in [6.07, 6.45) is 0. The van der Waals surface area contributed by atoms with E-state index in [2.05, 4.69) is 41.0 Å². The van der Waals surface area contributed by atoms with Gasteiger partial charge in [-0.05, 0) is 24.6 Å². The van der Waals surface area contributed by atoms with Gasteiger partial charge in [-0.3, -0.25) is 10.1 Å². The van der Waals surface area contributed by atoms with Crippen LogP contribution in [0.15, 0.2) is 48.5 Å². The molecule has 0 spiro atoms. The van der Waals surface area contributed by atoms with Crippen LogP contribution in [0.4, 0.5) is 11.4 Å². The van der Waals surface area contributed by atoms with Crippen molar-refractivity contribution < 1.29 is 4.92 Å². The molecule has 2 aromatic carbocycles. The number of rotatable bonds is 3. The van der Waals surface area contributed by atoms with E-state index in [0.29, 0.717) is 4.99 Å². The lowest BCUT2D eigenvalue weighted by Crippen LogP contribution is -2.48. The van der Waals surface area contributed by atoms with Crippen molar-refractivity contribution in [3.63, 3.8) is 0 Å². The molecule has 0 atom stereocenters. The molecule has 5 nitrogen and oxygen atoms in total. The third-order valence-corrected chi connectivity index (χ3v) is 4.73. The highest BCUT2D eigenvalue weighted by molar-refractivity contribution is 7.80. The van der Waals surface area contributed by atoms with Gasteiger partial charge in [0.15, 0.2) is 0 Å². The van der Waals surface area contributed by atoms with Gasteiger partial charge in [0, 0.05) is 49.6 Å². The van der Waals surface area contributed by atoms with Crippen LogP contribution in [0.3, 0.4) is 0 Å². The zero-order chi connectivity index (χ0) is 17.1. The molecule has 0 amide bonds. The highest BCUT2D eigenvalue weighted by Crippen LogP contribution is 2.20. The lowest BCUT2D eigenvalue weighted by atomic mass is 10.1. The Hall–Kier alpha value is -2.47. The van der Waals surface area contributed by atoms with E-state index in [1.165, 1.54) is 17.3 Å². The molecule has 2 aromatic rings. The Labute approximate surface area is 146 Å². The monoisotopic (exact) mass is 341 g/mol. The standard InChI is InChI=1S/C18H19N3O2S/c1-14-4-2-6-16(12-14)19-8-10-20(11-9-19)18(24)15-5-3-7-17(13-15)21(22)23/h2-7,12-13H,8-11H2,1H3. The average molecular weight is 341 g/mol. The predicted molar refractivity (Wildman–Crippen MR) is 99.8 cm³/mol. The van der Waals surface area contributed by atoms with Crippen molar-refractivity contribution >= 4 is 28.6 Å². The third kappa shape index (κ3) is 3.54. The number of nitrogens with zero attached hydrogens (tertiary/aromatic N) is 3. The molecule has 0 radical (unpaired) electrons. The maximum Gasteiger partial charge on any atom is 0.270 e. The fraction of sp³-hybridized carbons (Fsp3) is 0.278. The van der Waals surface area contributed by atoms with E-state index in [1.54, 1.807) is 12.1 Å². The zero-order valence-electron chi connectivity index (χ0n) is 13.5. The highest BCUT2D eigenvalue weighted by atomic mass is 32.1. The topological polar surface area (TPSA) is 49.6 Å².